The minimum absolute atomic E-state index is 0.187. The summed E-state index contributed by atoms with van der Waals surface area (Å²) in [5.74, 6) is 0.698. The predicted molar refractivity (Wildman–Crippen MR) is 96.4 cm³/mol. The van der Waals surface area contributed by atoms with Crippen LogP contribution in [0.1, 0.15) is 51.0 Å². The van der Waals surface area contributed by atoms with Crippen LogP contribution < -0.4 is 10.1 Å². The van der Waals surface area contributed by atoms with Crippen LogP contribution in [0.2, 0.25) is 0 Å². The third-order valence-corrected chi connectivity index (χ3v) is 6.30. The number of hydrogen-bond acceptors (Lipinski definition) is 4. The van der Waals surface area contributed by atoms with E-state index in [1.54, 1.807) is 0 Å². The standard InChI is InChI=1S/C19H25NO3S/c1-2-19(10-4-3-5-11-19)13-23-15-8-6-14(7-9-15)12-16-17(21)20-18(22)24-16/h6-9,16H,2-5,10-13H2,1H3,(H,20,21,22). The number of nitrogens with one attached hydrogen (secondary N) is 1. The molecule has 2 aliphatic rings. The Morgan fingerprint density at radius 2 is 1.88 bits per heavy atom. The quantitative estimate of drug-likeness (QED) is 0.832. The highest BCUT2D eigenvalue weighted by molar-refractivity contribution is 8.15. The Hall–Kier alpha value is -1.49. The Morgan fingerprint density at radius 1 is 1.17 bits per heavy atom. The van der Waals surface area contributed by atoms with E-state index in [1.165, 1.54) is 38.5 Å². The van der Waals surface area contributed by atoms with Gasteiger partial charge in [0, 0.05) is 5.41 Å². The minimum Gasteiger partial charge on any atom is -0.493 e. The lowest BCUT2D eigenvalue weighted by Gasteiger charge is -2.36. The van der Waals surface area contributed by atoms with Gasteiger partial charge in [-0.05, 0) is 43.4 Å². The van der Waals surface area contributed by atoms with E-state index >= 15 is 0 Å². The molecule has 1 aliphatic heterocycles. The molecule has 130 valence electrons. The van der Waals surface area contributed by atoms with Gasteiger partial charge in [0.1, 0.15) is 5.75 Å². The van der Waals surface area contributed by atoms with E-state index in [0.717, 1.165) is 29.7 Å². The molecule has 1 atom stereocenters. The van der Waals surface area contributed by atoms with Crippen molar-refractivity contribution in [1.29, 1.82) is 0 Å². The molecule has 1 saturated heterocycles. The Morgan fingerprint density at radius 3 is 2.46 bits per heavy atom. The highest BCUT2D eigenvalue weighted by Gasteiger charge is 2.32. The van der Waals surface area contributed by atoms with E-state index in [0.29, 0.717) is 11.8 Å². The first kappa shape index (κ1) is 17.3. The van der Waals surface area contributed by atoms with Gasteiger partial charge in [-0.25, -0.2) is 0 Å². The highest BCUT2D eigenvalue weighted by atomic mass is 32.2. The maximum Gasteiger partial charge on any atom is 0.286 e. The van der Waals surface area contributed by atoms with Crippen LogP contribution >= 0.6 is 11.8 Å². The summed E-state index contributed by atoms with van der Waals surface area (Å²) < 4.78 is 6.06. The van der Waals surface area contributed by atoms with Crippen LogP contribution in [0.4, 0.5) is 4.79 Å². The van der Waals surface area contributed by atoms with Crippen molar-refractivity contribution in [3.63, 3.8) is 0 Å². The number of ether oxygens (including phenoxy) is 1. The number of rotatable bonds is 6. The molecule has 1 aliphatic carbocycles. The molecule has 1 saturated carbocycles. The number of amides is 2. The fourth-order valence-corrected chi connectivity index (χ4v) is 4.46. The topological polar surface area (TPSA) is 55.4 Å². The monoisotopic (exact) mass is 347 g/mol. The number of benzene rings is 1. The molecule has 5 heteroatoms. The second-order valence-corrected chi connectivity index (χ2v) is 8.11. The van der Waals surface area contributed by atoms with Crippen molar-refractivity contribution in [2.24, 2.45) is 5.41 Å². The van der Waals surface area contributed by atoms with Crippen molar-refractivity contribution in [2.45, 2.75) is 57.1 Å². The number of carbonyl (C=O) groups is 2. The molecule has 0 bridgehead atoms. The molecule has 24 heavy (non-hydrogen) atoms. The molecule has 2 amide bonds. The molecular formula is C19H25NO3S. The molecular weight excluding hydrogens is 322 g/mol. The average Bonchev–Trinajstić information content (AvgIpc) is 2.92. The van der Waals surface area contributed by atoms with Crippen molar-refractivity contribution < 1.29 is 14.3 Å². The van der Waals surface area contributed by atoms with Gasteiger partial charge in [-0.3, -0.25) is 14.9 Å². The third-order valence-electron chi connectivity index (χ3n) is 5.32. The first-order valence-electron chi connectivity index (χ1n) is 8.83. The molecule has 1 aromatic carbocycles. The summed E-state index contributed by atoms with van der Waals surface area (Å²) in [7, 11) is 0. The number of thioether (sulfide) groups is 1. The maximum atomic E-state index is 11.6. The van der Waals surface area contributed by atoms with Crippen molar-refractivity contribution >= 4 is 22.9 Å². The van der Waals surface area contributed by atoms with Gasteiger partial charge in [-0.1, -0.05) is 50.1 Å². The lowest BCUT2D eigenvalue weighted by atomic mass is 9.73. The molecule has 1 heterocycles. The zero-order valence-electron chi connectivity index (χ0n) is 14.2. The molecule has 0 radical (unpaired) electrons. The molecule has 4 nitrogen and oxygen atoms in total. The van der Waals surface area contributed by atoms with Crippen LogP contribution in [0.25, 0.3) is 0 Å². The lowest BCUT2D eigenvalue weighted by Crippen LogP contribution is -2.30. The second kappa shape index (κ2) is 7.60. The first-order valence-corrected chi connectivity index (χ1v) is 9.71. The van der Waals surface area contributed by atoms with Crippen molar-refractivity contribution in [1.82, 2.24) is 5.32 Å². The van der Waals surface area contributed by atoms with Crippen LogP contribution in [0, 0.1) is 5.41 Å². The summed E-state index contributed by atoms with van der Waals surface area (Å²) in [6.45, 7) is 3.06. The van der Waals surface area contributed by atoms with Crippen LogP contribution in [0.15, 0.2) is 24.3 Å². The highest BCUT2D eigenvalue weighted by Crippen LogP contribution is 2.39. The molecule has 0 aromatic heterocycles. The molecule has 0 spiro atoms. The van der Waals surface area contributed by atoms with Crippen molar-refractivity contribution in [2.75, 3.05) is 6.61 Å². The normalized spacial score (nSPS) is 23.1. The molecule has 3 rings (SSSR count). The van der Waals surface area contributed by atoms with Gasteiger partial charge < -0.3 is 4.74 Å². The summed E-state index contributed by atoms with van der Waals surface area (Å²) in [6, 6.07) is 7.93. The summed E-state index contributed by atoms with van der Waals surface area (Å²) in [6.07, 6.45) is 8.26. The van der Waals surface area contributed by atoms with Crippen LogP contribution in [0.5, 0.6) is 5.75 Å². The first-order chi connectivity index (χ1) is 11.6. The summed E-state index contributed by atoms with van der Waals surface area (Å²) in [5.41, 5.74) is 1.39. The van der Waals surface area contributed by atoms with E-state index in [4.69, 9.17) is 4.74 Å². The summed E-state index contributed by atoms with van der Waals surface area (Å²) in [4.78, 5) is 22.8. The minimum atomic E-state index is -0.310. The van der Waals surface area contributed by atoms with Crippen molar-refractivity contribution in [3.05, 3.63) is 29.8 Å². The summed E-state index contributed by atoms with van der Waals surface area (Å²) >= 11 is 1.07. The van der Waals surface area contributed by atoms with E-state index in [9.17, 15) is 9.59 Å². The third kappa shape index (κ3) is 4.12. The Bertz CT molecular complexity index is 593. The SMILES string of the molecule is CCC1(COc2ccc(CC3SC(=O)NC3=O)cc2)CCCCC1. The zero-order valence-corrected chi connectivity index (χ0v) is 15.0. The van der Waals surface area contributed by atoms with E-state index < -0.39 is 0 Å². The van der Waals surface area contributed by atoms with E-state index in [1.807, 2.05) is 24.3 Å². The van der Waals surface area contributed by atoms with Gasteiger partial charge in [-0.2, -0.15) is 0 Å². The van der Waals surface area contributed by atoms with E-state index in [2.05, 4.69) is 12.2 Å². The van der Waals surface area contributed by atoms with E-state index in [-0.39, 0.29) is 16.4 Å². The average molecular weight is 347 g/mol. The van der Waals surface area contributed by atoms with Crippen LogP contribution in [-0.2, 0) is 11.2 Å². The number of carbonyl (C=O) groups excluding carboxylic acids is 2. The van der Waals surface area contributed by atoms with Crippen molar-refractivity contribution in [3.8, 4) is 5.75 Å². The van der Waals surface area contributed by atoms with Gasteiger partial charge in [0.05, 0.1) is 11.9 Å². The van der Waals surface area contributed by atoms with Gasteiger partial charge in [0.25, 0.3) is 5.24 Å². The Kier molecular flexibility index (Phi) is 5.49. The van der Waals surface area contributed by atoms with Gasteiger partial charge in [0.2, 0.25) is 5.91 Å². The largest absolute Gasteiger partial charge is 0.493 e. The zero-order chi connectivity index (χ0) is 17.0. The van der Waals surface area contributed by atoms with Gasteiger partial charge in [0.15, 0.2) is 0 Å². The molecule has 2 fully saturated rings. The van der Waals surface area contributed by atoms with Crippen LogP contribution in [0.3, 0.4) is 0 Å². The fourth-order valence-electron chi connectivity index (χ4n) is 3.60. The fraction of sp³-hybridized carbons (Fsp3) is 0.579. The molecule has 1 unspecified atom stereocenters. The predicted octanol–water partition coefficient (Wildman–Crippen LogP) is 4.32. The second-order valence-electron chi connectivity index (χ2n) is 6.93. The Labute approximate surface area is 147 Å². The number of imide groups is 1. The Balaban J connectivity index is 1.54. The smallest absolute Gasteiger partial charge is 0.286 e. The number of hydrogen-bond donors (Lipinski definition) is 1. The molecule has 1 aromatic rings. The molecule has 1 N–H and O–H groups in total. The van der Waals surface area contributed by atoms with Crippen LogP contribution in [-0.4, -0.2) is 23.0 Å². The van der Waals surface area contributed by atoms with Gasteiger partial charge in [-0.15, -0.1) is 0 Å². The lowest BCUT2D eigenvalue weighted by molar-refractivity contribution is -0.118. The summed E-state index contributed by atoms with van der Waals surface area (Å²) in [5, 5.41) is 1.77. The van der Waals surface area contributed by atoms with Gasteiger partial charge >= 0.3 is 0 Å². The maximum absolute atomic E-state index is 11.6.